The van der Waals surface area contributed by atoms with Crippen LogP contribution in [-0.2, 0) is 17.1 Å². The van der Waals surface area contributed by atoms with E-state index in [4.69, 9.17) is 11.1 Å². The fraction of sp³-hybridized carbons (Fsp3) is 0.375. The molecular weight excluding hydrogens is 245 g/mol. The zero-order valence-electron chi connectivity index (χ0n) is 7.87. The van der Waals surface area contributed by atoms with Gasteiger partial charge >= 0.3 is 6.18 Å². The minimum absolute atomic E-state index is 0. The number of halogens is 3. The van der Waals surface area contributed by atoms with E-state index in [9.17, 15) is 13.2 Å². The fourth-order valence-electron chi connectivity index (χ4n) is 0.342. The van der Waals surface area contributed by atoms with E-state index in [1.54, 1.807) is 19.9 Å². The summed E-state index contributed by atoms with van der Waals surface area (Å²) in [4.78, 5) is 0. The molecule has 0 fully saturated rings. The van der Waals surface area contributed by atoms with Gasteiger partial charge in [-0.1, -0.05) is 6.58 Å². The van der Waals surface area contributed by atoms with Crippen LogP contribution in [0.1, 0.15) is 13.8 Å². The van der Waals surface area contributed by atoms with Crippen LogP contribution in [0, 0.1) is 5.41 Å². The average Bonchev–Trinajstić information content (AvgIpc) is 1.84. The second-order valence-electron chi connectivity index (χ2n) is 2.32. The van der Waals surface area contributed by atoms with Gasteiger partial charge in [-0.25, -0.2) is 0 Å². The van der Waals surface area contributed by atoms with E-state index in [0.717, 1.165) is 0 Å². The molecule has 6 heteroatoms. The van der Waals surface area contributed by atoms with Crippen molar-refractivity contribution in [3.05, 3.63) is 24.4 Å². The van der Waals surface area contributed by atoms with Crippen molar-refractivity contribution in [2.24, 2.45) is 5.73 Å². The summed E-state index contributed by atoms with van der Waals surface area (Å²) in [7, 11) is 0. The first kappa shape index (κ1) is 18.9. The van der Waals surface area contributed by atoms with Gasteiger partial charge in [0, 0.05) is 34.6 Å². The molecule has 1 radical (unpaired) electrons. The molecule has 0 aromatic rings. The fourth-order valence-corrected chi connectivity index (χ4v) is 0.342. The Labute approximate surface area is 92.0 Å². The molecule has 2 nitrogen and oxygen atoms in total. The number of hydrogen-bond acceptors (Lipinski definition) is 2. The minimum atomic E-state index is -4.19. The van der Waals surface area contributed by atoms with E-state index in [1.807, 2.05) is 0 Å². The van der Waals surface area contributed by atoms with Crippen molar-refractivity contribution in [1.29, 1.82) is 5.41 Å². The van der Waals surface area contributed by atoms with Crippen LogP contribution in [0.2, 0.25) is 0 Å². The third-order valence-corrected chi connectivity index (χ3v) is 0.676. The summed E-state index contributed by atoms with van der Waals surface area (Å²) in [5, 5.41) is 6.87. The van der Waals surface area contributed by atoms with Gasteiger partial charge in [-0.05, 0) is 19.9 Å². The van der Waals surface area contributed by atoms with Gasteiger partial charge in [0.05, 0.1) is 0 Å². The van der Waals surface area contributed by atoms with Gasteiger partial charge < -0.3 is 11.1 Å². The van der Waals surface area contributed by atoms with Crippen molar-refractivity contribution >= 4 is 5.71 Å². The van der Waals surface area contributed by atoms with Crippen LogP contribution < -0.4 is 5.73 Å². The van der Waals surface area contributed by atoms with Gasteiger partial charge in [0.15, 0.2) is 0 Å². The Morgan fingerprint density at radius 3 is 1.64 bits per heavy atom. The summed E-state index contributed by atoms with van der Waals surface area (Å²) in [5.41, 5.74) is 6.40. The molecule has 0 saturated carbocycles. The summed E-state index contributed by atoms with van der Waals surface area (Å²) in [6.45, 7) is 5.96. The first-order valence-electron chi connectivity index (χ1n) is 3.38. The molecule has 0 atom stereocenters. The predicted molar refractivity (Wildman–Crippen MR) is 47.6 cm³/mol. The molecule has 0 heterocycles. The second-order valence-corrected chi connectivity index (χ2v) is 2.32. The van der Waals surface area contributed by atoms with E-state index >= 15 is 0 Å². The molecule has 0 rings (SSSR count). The van der Waals surface area contributed by atoms with Gasteiger partial charge in [0.2, 0.25) is 0 Å². The van der Waals surface area contributed by atoms with Gasteiger partial charge in [-0.15, -0.1) is 0 Å². The van der Waals surface area contributed by atoms with Crippen molar-refractivity contribution in [2.75, 3.05) is 0 Å². The summed E-state index contributed by atoms with van der Waals surface area (Å²) in [6.07, 6.45) is -2.65. The Kier molecular flexibility index (Phi) is 12.0. The molecule has 0 aliphatic heterocycles. The Balaban J connectivity index is -0.000000163. The third-order valence-electron chi connectivity index (χ3n) is 0.676. The Morgan fingerprint density at radius 2 is 1.64 bits per heavy atom. The van der Waals surface area contributed by atoms with E-state index in [-0.39, 0.29) is 23.1 Å². The number of alkyl halides is 3. The van der Waals surface area contributed by atoms with Crippen LogP contribution >= 0.6 is 0 Å². The maximum atomic E-state index is 10.7. The second kappa shape index (κ2) is 8.84. The van der Waals surface area contributed by atoms with Gasteiger partial charge in [0.25, 0.3) is 0 Å². The van der Waals surface area contributed by atoms with Gasteiger partial charge in [0.1, 0.15) is 0 Å². The van der Waals surface area contributed by atoms with Gasteiger partial charge in [-0.3, -0.25) is 0 Å². The molecule has 0 amide bonds. The van der Waals surface area contributed by atoms with Crippen molar-refractivity contribution in [1.82, 2.24) is 0 Å². The molecule has 0 bridgehead atoms. The largest absolute Gasteiger partial charge is 0.409 e. The van der Waals surface area contributed by atoms with Crippen molar-refractivity contribution in [2.45, 2.75) is 20.0 Å². The van der Waals surface area contributed by atoms with E-state index in [0.29, 0.717) is 11.4 Å². The van der Waals surface area contributed by atoms with E-state index in [2.05, 4.69) is 6.58 Å². The molecule has 0 unspecified atom stereocenters. The number of nitrogens with two attached hydrogens (primary N) is 1. The molecule has 0 aromatic carbocycles. The van der Waals surface area contributed by atoms with Crippen LogP contribution in [0.3, 0.4) is 0 Å². The van der Waals surface area contributed by atoms with Crippen LogP contribution in [-0.4, -0.2) is 11.9 Å². The van der Waals surface area contributed by atoms with Gasteiger partial charge in [-0.2, -0.15) is 13.2 Å². The topological polar surface area (TPSA) is 49.9 Å². The molecule has 0 spiro atoms. The summed E-state index contributed by atoms with van der Waals surface area (Å²) in [5.74, 6) is 0. The Bertz CT molecular complexity index is 205. The maximum Gasteiger partial charge on any atom is 0.409 e. The molecular formula is C8H13CuF3N2. The predicted octanol–water partition coefficient (Wildman–Crippen LogP) is 2.62. The number of hydrogen-bond donors (Lipinski definition) is 2. The third kappa shape index (κ3) is 30.2. The van der Waals surface area contributed by atoms with Crippen LogP contribution in [0.5, 0.6) is 0 Å². The van der Waals surface area contributed by atoms with Crippen molar-refractivity contribution in [3.8, 4) is 0 Å². The minimum Gasteiger partial charge on any atom is -0.402 e. The van der Waals surface area contributed by atoms with Crippen molar-refractivity contribution < 1.29 is 30.2 Å². The first-order chi connectivity index (χ1) is 5.69. The Hall–Kier alpha value is -0.741. The molecule has 14 heavy (non-hydrogen) atoms. The van der Waals surface area contributed by atoms with Crippen molar-refractivity contribution in [3.63, 3.8) is 0 Å². The number of nitrogens with one attached hydrogen (secondary N) is 1. The summed E-state index contributed by atoms with van der Waals surface area (Å²) in [6, 6.07) is 0. The normalized spacial score (nSPS) is 10.5. The molecule has 3 N–H and O–H groups in total. The number of allylic oxidation sites excluding steroid dienone is 3. The van der Waals surface area contributed by atoms with Crippen LogP contribution in [0.25, 0.3) is 0 Å². The van der Waals surface area contributed by atoms with E-state index < -0.39 is 6.18 Å². The molecule has 0 saturated heterocycles. The molecule has 0 aliphatic rings. The zero-order valence-corrected chi connectivity index (χ0v) is 8.82. The summed E-state index contributed by atoms with van der Waals surface area (Å²) >= 11 is 0. The SMILES string of the molecule is C=CC(F)(F)F.CC(=N)C=C(C)N.[Cu]. The maximum absolute atomic E-state index is 10.7. The standard InChI is InChI=1S/C5H10N2.C3H3F3.Cu/c1-4(6)3-5(2)7;1-2-3(4,5)6;/h3,6H,7H2,1-2H3;2H,1H2;. The van der Waals surface area contributed by atoms with Crippen LogP contribution in [0.15, 0.2) is 24.4 Å². The monoisotopic (exact) mass is 257 g/mol. The van der Waals surface area contributed by atoms with E-state index in [1.165, 1.54) is 0 Å². The molecule has 0 aliphatic carbocycles. The molecule has 0 aromatic heterocycles. The summed E-state index contributed by atoms with van der Waals surface area (Å²) < 4.78 is 32.0. The zero-order chi connectivity index (χ0) is 11.1. The smallest absolute Gasteiger partial charge is 0.402 e. The first-order valence-corrected chi connectivity index (χ1v) is 3.38. The average molecular weight is 258 g/mol. The Morgan fingerprint density at radius 1 is 1.36 bits per heavy atom. The number of rotatable bonds is 1. The quantitative estimate of drug-likeness (QED) is 0.423. The molecule has 87 valence electrons. The van der Waals surface area contributed by atoms with Crippen LogP contribution in [0.4, 0.5) is 13.2 Å².